The van der Waals surface area contributed by atoms with E-state index in [1.807, 2.05) is 20.2 Å². The fourth-order valence-corrected chi connectivity index (χ4v) is 5.38. The molecule has 3 atom stereocenters. The Balaban J connectivity index is 2.18. The van der Waals surface area contributed by atoms with Gasteiger partial charge in [-0.2, -0.15) is 23.5 Å². The number of pyridine rings is 1. The van der Waals surface area contributed by atoms with Crippen molar-refractivity contribution in [3.05, 3.63) is 24.0 Å². The Hall–Kier alpha value is -0.390. The first-order valence-corrected chi connectivity index (χ1v) is 8.84. The zero-order chi connectivity index (χ0) is 13.7. The summed E-state index contributed by atoms with van der Waals surface area (Å²) in [5.74, 6) is 3.35. The van der Waals surface area contributed by atoms with Crippen molar-refractivity contribution in [2.45, 2.75) is 30.4 Å². The third-order valence-corrected chi connectivity index (χ3v) is 6.48. The van der Waals surface area contributed by atoms with Crippen molar-refractivity contribution in [3.8, 4) is 5.75 Å². The summed E-state index contributed by atoms with van der Waals surface area (Å²) in [6.45, 7) is 5.00. The first-order chi connectivity index (χ1) is 9.26. The molecule has 19 heavy (non-hydrogen) atoms. The lowest BCUT2D eigenvalue weighted by atomic mass is 10.0. The Morgan fingerprint density at radius 1 is 1.42 bits per heavy atom. The quantitative estimate of drug-likeness (QED) is 0.904. The molecule has 0 aromatic carbocycles. The zero-order valence-corrected chi connectivity index (χ0v) is 13.4. The molecule has 2 heterocycles. The predicted octanol–water partition coefficient (Wildman–Crippen LogP) is 2.98. The molecular weight excluding hydrogens is 276 g/mol. The van der Waals surface area contributed by atoms with E-state index >= 15 is 0 Å². The van der Waals surface area contributed by atoms with Gasteiger partial charge in [0.15, 0.2) is 0 Å². The highest BCUT2D eigenvalue weighted by Gasteiger charge is 2.30. The SMILES string of the molecule is CCOc1cncc(C(NC)C2SCCSC2C)c1. The maximum Gasteiger partial charge on any atom is 0.137 e. The van der Waals surface area contributed by atoms with Crippen LogP contribution in [-0.2, 0) is 0 Å². The van der Waals surface area contributed by atoms with Crippen molar-refractivity contribution in [2.75, 3.05) is 25.2 Å². The lowest BCUT2D eigenvalue weighted by molar-refractivity contribution is 0.338. The van der Waals surface area contributed by atoms with E-state index in [0.29, 0.717) is 23.1 Å². The summed E-state index contributed by atoms with van der Waals surface area (Å²) in [6, 6.07) is 2.45. The van der Waals surface area contributed by atoms with Crippen molar-refractivity contribution in [1.82, 2.24) is 10.3 Å². The van der Waals surface area contributed by atoms with Gasteiger partial charge in [-0.3, -0.25) is 4.98 Å². The number of hydrogen-bond acceptors (Lipinski definition) is 5. The van der Waals surface area contributed by atoms with Gasteiger partial charge >= 0.3 is 0 Å². The van der Waals surface area contributed by atoms with Gasteiger partial charge in [-0.25, -0.2) is 0 Å². The van der Waals surface area contributed by atoms with E-state index in [4.69, 9.17) is 4.74 Å². The van der Waals surface area contributed by atoms with Crippen LogP contribution in [0.25, 0.3) is 0 Å². The highest BCUT2D eigenvalue weighted by Crippen LogP contribution is 2.38. The van der Waals surface area contributed by atoms with Crippen LogP contribution in [-0.4, -0.2) is 40.6 Å². The molecule has 2 rings (SSSR count). The first-order valence-electron chi connectivity index (χ1n) is 6.74. The largest absolute Gasteiger partial charge is 0.492 e. The molecule has 5 heteroatoms. The lowest BCUT2D eigenvalue weighted by Crippen LogP contribution is -2.36. The van der Waals surface area contributed by atoms with Crippen LogP contribution in [0.5, 0.6) is 5.75 Å². The molecular formula is C14H22N2OS2. The van der Waals surface area contributed by atoms with Gasteiger partial charge in [-0.15, -0.1) is 0 Å². The molecule has 1 saturated heterocycles. The second kappa shape index (κ2) is 7.41. The average Bonchev–Trinajstić information content (AvgIpc) is 2.43. The second-order valence-electron chi connectivity index (χ2n) is 4.56. The van der Waals surface area contributed by atoms with E-state index in [9.17, 15) is 0 Å². The maximum atomic E-state index is 5.55. The van der Waals surface area contributed by atoms with Gasteiger partial charge < -0.3 is 10.1 Å². The van der Waals surface area contributed by atoms with Gasteiger partial charge in [-0.05, 0) is 25.6 Å². The van der Waals surface area contributed by atoms with E-state index in [1.54, 1.807) is 6.20 Å². The lowest BCUT2D eigenvalue weighted by Gasteiger charge is -2.34. The van der Waals surface area contributed by atoms with Crippen LogP contribution in [0.3, 0.4) is 0 Å². The predicted molar refractivity (Wildman–Crippen MR) is 85.4 cm³/mol. The van der Waals surface area contributed by atoms with Crippen LogP contribution in [0, 0.1) is 0 Å². The van der Waals surface area contributed by atoms with E-state index in [2.05, 4.69) is 46.8 Å². The summed E-state index contributed by atoms with van der Waals surface area (Å²) in [5.41, 5.74) is 1.22. The van der Waals surface area contributed by atoms with Gasteiger partial charge in [0.05, 0.1) is 12.8 Å². The van der Waals surface area contributed by atoms with Crippen molar-refractivity contribution in [1.29, 1.82) is 0 Å². The molecule has 1 aromatic heterocycles. The average molecular weight is 298 g/mol. The van der Waals surface area contributed by atoms with Crippen molar-refractivity contribution >= 4 is 23.5 Å². The smallest absolute Gasteiger partial charge is 0.137 e. The monoisotopic (exact) mass is 298 g/mol. The molecule has 1 aliphatic rings. The molecule has 1 aromatic rings. The minimum atomic E-state index is 0.334. The minimum Gasteiger partial charge on any atom is -0.492 e. The molecule has 0 amide bonds. The number of aromatic nitrogens is 1. The standard InChI is InChI=1S/C14H22N2OS2/c1-4-17-12-7-11(8-16-9-12)13(15-3)14-10(2)18-5-6-19-14/h7-10,13-15H,4-6H2,1-3H3. The number of nitrogens with zero attached hydrogens (tertiary/aromatic N) is 1. The number of thioether (sulfide) groups is 2. The Kier molecular flexibility index (Phi) is 5.85. The van der Waals surface area contributed by atoms with E-state index in [0.717, 1.165) is 5.75 Å². The van der Waals surface area contributed by atoms with Gasteiger partial charge in [0, 0.05) is 34.2 Å². The van der Waals surface area contributed by atoms with Gasteiger partial charge in [0.2, 0.25) is 0 Å². The third kappa shape index (κ3) is 3.80. The topological polar surface area (TPSA) is 34.1 Å². The molecule has 1 aliphatic heterocycles. The molecule has 0 bridgehead atoms. The van der Waals surface area contributed by atoms with Crippen LogP contribution in [0.1, 0.15) is 25.5 Å². The van der Waals surface area contributed by atoms with Crippen molar-refractivity contribution < 1.29 is 4.74 Å². The molecule has 0 radical (unpaired) electrons. The Labute approximate surface area is 124 Å². The van der Waals surface area contributed by atoms with Crippen LogP contribution in [0.4, 0.5) is 0 Å². The highest BCUT2D eigenvalue weighted by molar-refractivity contribution is 8.07. The Morgan fingerprint density at radius 3 is 2.89 bits per heavy atom. The normalized spacial score (nSPS) is 25.0. The summed E-state index contributed by atoms with van der Waals surface area (Å²) >= 11 is 4.13. The third-order valence-electron chi connectivity index (χ3n) is 3.28. The minimum absolute atomic E-state index is 0.334. The zero-order valence-electron chi connectivity index (χ0n) is 11.8. The fourth-order valence-electron chi connectivity index (χ4n) is 2.39. The molecule has 3 unspecified atom stereocenters. The van der Waals surface area contributed by atoms with Crippen molar-refractivity contribution in [2.24, 2.45) is 0 Å². The van der Waals surface area contributed by atoms with E-state index < -0.39 is 0 Å². The molecule has 3 nitrogen and oxygen atoms in total. The second-order valence-corrected chi connectivity index (χ2v) is 7.34. The van der Waals surface area contributed by atoms with E-state index in [-0.39, 0.29) is 0 Å². The van der Waals surface area contributed by atoms with Crippen LogP contribution in [0.15, 0.2) is 18.5 Å². The van der Waals surface area contributed by atoms with Crippen molar-refractivity contribution in [3.63, 3.8) is 0 Å². The molecule has 1 fully saturated rings. The van der Waals surface area contributed by atoms with Crippen LogP contribution < -0.4 is 10.1 Å². The molecule has 0 saturated carbocycles. The molecule has 1 N–H and O–H groups in total. The Morgan fingerprint density at radius 2 is 2.21 bits per heavy atom. The molecule has 106 valence electrons. The van der Waals surface area contributed by atoms with Gasteiger partial charge in [-0.1, -0.05) is 6.92 Å². The summed E-state index contributed by atoms with van der Waals surface area (Å²) in [6.07, 6.45) is 3.74. The van der Waals surface area contributed by atoms with Crippen LogP contribution >= 0.6 is 23.5 Å². The summed E-state index contributed by atoms with van der Waals surface area (Å²) in [5, 5.41) is 4.70. The molecule has 0 spiro atoms. The number of rotatable bonds is 5. The van der Waals surface area contributed by atoms with Gasteiger partial charge in [0.1, 0.15) is 5.75 Å². The number of nitrogens with one attached hydrogen (secondary N) is 1. The summed E-state index contributed by atoms with van der Waals surface area (Å²) < 4.78 is 5.55. The Bertz CT molecular complexity index is 403. The summed E-state index contributed by atoms with van der Waals surface area (Å²) in [4.78, 5) is 4.31. The number of ether oxygens (including phenoxy) is 1. The first kappa shape index (κ1) is 15.0. The molecule has 0 aliphatic carbocycles. The summed E-state index contributed by atoms with van der Waals surface area (Å²) in [7, 11) is 2.03. The van der Waals surface area contributed by atoms with Gasteiger partial charge in [0.25, 0.3) is 0 Å². The number of hydrogen-bond donors (Lipinski definition) is 1. The fraction of sp³-hybridized carbons (Fsp3) is 0.643. The van der Waals surface area contributed by atoms with E-state index in [1.165, 1.54) is 17.1 Å². The maximum absolute atomic E-state index is 5.55. The highest BCUT2D eigenvalue weighted by atomic mass is 32.2. The van der Waals surface area contributed by atoms with Crippen LogP contribution in [0.2, 0.25) is 0 Å².